The number of allylic oxidation sites excluding steroid dienone is 2. The molecule has 0 spiro atoms. The van der Waals surface area contributed by atoms with Gasteiger partial charge >= 0.3 is 0 Å². The van der Waals surface area contributed by atoms with Crippen LogP contribution in [0.15, 0.2) is 59.8 Å². The van der Waals surface area contributed by atoms with E-state index in [0.717, 1.165) is 62.5 Å². The highest BCUT2D eigenvalue weighted by atomic mass is 32.2. The summed E-state index contributed by atoms with van der Waals surface area (Å²) in [5, 5.41) is 6.47. The van der Waals surface area contributed by atoms with E-state index in [1.807, 2.05) is 18.2 Å². The van der Waals surface area contributed by atoms with Gasteiger partial charge in [-0.3, -0.25) is 14.4 Å². The molecule has 1 aliphatic carbocycles. The topological polar surface area (TPSA) is 141 Å². The highest BCUT2D eigenvalue weighted by molar-refractivity contribution is 7.89. The van der Waals surface area contributed by atoms with Crippen molar-refractivity contribution in [3.63, 3.8) is 0 Å². The lowest BCUT2D eigenvalue weighted by atomic mass is 9.99. The summed E-state index contributed by atoms with van der Waals surface area (Å²) in [4.78, 5) is 27.2. The van der Waals surface area contributed by atoms with Crippen molar-refractivity contribution < 1.29 is 26.7 Å². The van der Waals surface area contributed by atoms with Crippen LogP contribution < -0.4 is 15.4 Å². The fraction of sp³-hybridized carbons (Fsp3) is 0.393. The number of morpholine rings is 1. The van der Waals surface area contributed by atoms with E-state index in [4.69, 9.17) is 4.74 Å². The lowest BCUT2D eigenvalue weighted by Gasteiger charge is -2.26. The number of rotatable bonds is 11. The minimum absolute atomic E-state index is 0.227. The minimum Gasteiger partial charge on any atom is -0.379 e. The van der Waals surface area contributed by atoms with Gasteiger partial charge in [0, 0.05) is 55.4 Å². The molecule has 14 heteroatoms. The Morgan fingerprint density at radius 3 is 2.74 bits per heavy atom. The van der Waals surface area contributed by atoms with Crippen LogP contribution in [-0.2, 0) is 19.6 Å². The Morgan fingerprint density at radius 1 is 1.19 bits per heavy atom. The van der Waals surface area contributed by atoms with Crippen LogP contribution in [0, 0.1) is 0 Å². The highest BCUT2D eigenvalue weighted by Gasteiger charge is 2.32. The molecule has 4 heterocycles. The molecule has 3 aromatic rings. The van der Waals surface area contributed by atoms with Crippen molar-refractivity contribution in [2.75, 3.05) is 55.8 Å². The maximum Gasteiger partial charge on any atom is 0.257 e. The Labute approximate surface area is 242 Å². The van der Waals surface area contributed by atoms with Gasteiger partial charge in [-0.25, -0.2) is 27.2 Å². The summed E-state index contributed by atoms with van der Waals surface area (Å²) in [6.45, 7) is 6.73. The second-order valence-electron chi connectivity index (χ2n) is 10.1. The Hall–Kier alpha value is -3.88. The van der Waals surface area contributed by atoms with E-state index in [1.165, 1.54) is 6.20 Å². The number of fused-ring (bicyclic) bond motifs is 1. The summed E-state index contributed by atoms with van der Waals surface area (Å²) >= 11 is 0. The van der Waals surface area contributed by atoms with Gasteiger partial charge in [-0.05, 0) is 30.7 Å². The van der Waals surface area contributed by atoms with Crippen molar-refractivity contribution in [3.05, 3.63) is 59.8 Å². The Balaban J connectivity index is 1.24. The number of ether oxygens (including phenoxy) is 1. The number of amides is 1. The molecule has 0 aromatic carbocycles. The lowest BCUT2D eigenvalue weighted by Crippen LogP contribution is -2.39. The van der Waals surface area contributed by atoms with Crippen LogP contribution in [0.1, 0.15) is 19.8 Å². The van der Waals surface area contributed by atoms with E-state index in [2.05, 4.69) is 35.2 Å². The molecule has 2 aliphatic rings. The first-order valence-corrected chi connectivity index (χ1v) is 15.4. The number of alkyl halides is 1. The van der Waals surface area contributed by atoms with Gasteiger partial charge in [-0.2, -0.15) is 0 Å². The largest absolute Gasteiger partial charge is 0.379 e. The third kappa shape index (κ3) is 7.12. The van der Waals surface area contributed by atoms with Gasteiger partial charge in [0.05, 0.1) is 42.1 Å². The number of halogens is 2. The van der Waals surface area contributed by atoms with E-state index in [9.17, 15) is 17.6 Å². The van der Waals surface area contributed by atoms with Crippen molar-refractivity contribution in [1.82, 2.24) is 24.6 Å². The van der Waals surface area contributed by atoms with Gasteiger partial charge in [-0.1, -0.05) is 13.0 Å². The molecule has 1 fully saturated rings. The summed E-state index contributed by atoms with van der Waals surface area (Å²) in [6.07, 6.45) is 2.26. The number of aromatic nitrogens is 3. The Morgan fingerprint density at radius 2 is 2.00 bits per heavy atom. The minimum atomic E-state index is -3.82. The van der Waals surface area contributed by atoms with Crippen LogP contribution >= 0.6 is 0 Å². The molecule has 42 heavy (non-hydrogen) atoms. The number of anilines is 2. The van der Waals surface area contributed by atoms with E-state index >= 15 is 4.39 Å². The second-order valence-corrected chi connectivity index (χ2v) is 11.9. The number of H-pyrrole nitrogens is 1. The van der Waals surface area contributed by atoms with Crippen LogP contribution in [0.4, 0.5) is 20.3 Å². The first-order chi connectivity index (χ1) is 20.2. The number of aromatic amines is 1. The zero-order chi connectivity index (χ0) is 29.7. The molecule has 1 amide bonds. The summed E-state index contributed by atoms with van der Waals surface area (Å²) in [5.41, 5.74) is 1.16. The van der Waals surface area contributed by atoms with Crippen molar-refractivity contribution in [2.45, 2.75) is 25.9 Å². The van der Waals surface area contributed by atoms with E-state index < -0.39 is 39.2 Å². The third-order valence-corrected chi connectivity index (χ3v) is 8.41. The predicted octanol–water partition coefficient (Wildman–Crippen LogP) is 3.49. The molecule has 1 saturated heterocycles. The first-order valence-electron chi connectivity index (χ1n) is 13.8. The monoisotopic (exact) mass is 601 g/mol. The van der Waals surface area contributed by atoms with Crippen molar-refractivity contribution in [3.8, 4) is 11.3 Å². The maximum atomic E-state index is 15.1. The normalized spacial score (nSPS) is 18.2. The number of nitrogens with one attached hydrogen (secondary N) is 4. The van der Waals surface area contributed by atoms with Gasteiger partial charge in [0.2, 0.25) is 10.0 Å². The lowest BCUT2D eigenvalue weighted by molar-refractivity contribution is -0.113. The average molecular weight is 602 g/mol. The molecule has 1 atom stereocenters. The number of hydrogen-bond acceptors (Lipinski definition) is 8. The van der Waals surface area contributed by atoms with Gasteiger partial charge in [-0.15, -0.1) is 0 Å². The SMILES string of the molecule is CCCS(=O)(=O)NC1=CCC(F)C(C(=O)Nc2cnc3[nH]c(-c4ccc(NCCN5CCOCC5)nc4)cc3c2)=C1F. The number of hydrogen-bond donors (Lipinski definition) is 4. The molecule has 3 aromatic heterocycles. The van der Waals surface area contributed by atoms with Crippen LogP contribution in [0.25, 0.3) is 22.3 Å². The summed E-state index contributed by atoms with van der Waals surface area (Å²) < 4.78 is 61.3. The number of pyridine rings is 2. The fourth-order valence-electron chi connectivity index (χ4n) is 4.79. The average Bonchev–Trinajstić information content (AvgIpc) is 3.39. The smallest absolute Gasteiger partial charge is 0.257 e. The summed E-state index contributed by atoms with van der Waals surface area (Å²) in [5.74, 6) is -1.72. The predicted molar refractivity (Wildman–Crippen MR) is 157 cm³/mol. The highest BCUT2D eigenvalue weighted by Crippen LogP contribution is 2.30. The number of carbonyl (C=O) groups excluding carboxylic acids is 1. The zero-order valence-electron chi connectivity index (χ0n) is 23.1. The number of carbonyl (C=O) groups is 1. The first kappa shape index (κ1) is 29.6. The van der Waals surface area contributed by atoms with Gasteiger partial charge in [0.15, 0.2) is 5.83 Å². The Kier molecular flexibility index (Phi) is 9.14. The molecule has 4 N–H and O–H groups in total. The van der Waals surface area contributed by atoms with Gasteiger partial charge < -0.3 is 20.4 Å². The fourth-order valence-corrected chi connectivity index (χ4v) is 5.94. The van der Waals surface area contributed by atoms with Crippen LogP contribution in [0.3, 0.4) is 0 Å². The standard InChI is InChI=1S/C28H33F2N7O4S/c1-2-13-42(39,40)36-22-5-4-21(29)25(26(22)30)28(38)34-20-14-19-15-23(35-27(19)33-17-20)18-3-6-24(32-16-18)31-7-8-37-9-11-41-12-10-37/h3,5-6,14-17,21,36H,2,4,7-13H2,1H3,(H,31,32)(H,33,35)(H,34,38). The third-order valence-electron chi connectivity index (χ3n) is 6.94. The second kappa shape index (κ2) is 13.0. The molecule has 224 valence electrons. The van der Waals surface area contributed by atoms with Crippen molar-refractivity contribution in [1.29, 1.82) is 0 Å². The van der Waals surface area contributed by atoms with Gasteiger partial charge in [0.25, 0.3) is 5.91 Å². The van der Waals surface area contributed by atoms with Crippen LogP contribution in [0.5, 0.6) is 0 Å². The maximum absolute atomic E-state index is 15.1. The van der Waals surface area contributed by atoms with Crippen LogP contribution in [0.2, 0.25) is 0 Å². The van der Waals surface area contributed by atoms with Crippen molar-refractivity contribution in [2.24, 2.45) is 0 Å². The van der Waals surface area contributed by atoms with E-state index in [-0.39, 0.29) is 17.9 Å². The summed E-state index contributed by atoms with van der Waals surface area (Å²) in [6, 6.07) is 7.29. The molecule has 1 aliphatic heterocycles. The van der Waals surface area contributed by atoms with Crippen molar-refractivity contribution >= 4 is 38.5 Å². The number of sulfonamides is 1. The summed E-state index contributed by atoms with van der Waals surface area (Å²) in [7, 11) is -3.82. The van der Waals surface area contributed by atoms with E-state index in [1.54, 1.807) is 19.2 Å². The molecular weight excluding hydrogens is 568 g/mol. The zero-order valence-corrected chi connectivity index (χ0v) is 23.9. The molecule has 0 radical (unpaired) electrons. The van der Waals surface area contributed by atoms with Gasteiger partial charge in [0.1, 0.15) is 17.6 Å². The molecule has 11 nitrogen and oxygen atoms in total. The quantitative estimate of drug-likeness (QED) is 0.262. The van der Waals surface area contributed by atoms with Crippen LogP contribution in [-0.4, -0.2) is 85.5 Å². The van der Waals surface area contributed by atoms with E-state index in [0.29, 0.717) is 17.5 Å². The molecular formula is C28H33F2N7O4S. The molecule has 0 bridgehead atoms. The molecule has 1 unspecified atom stereocenters. The molecule has 0 saturated carbocycles. The Bertz CT molecular complexity index is 1600. The number of nitrogens with zero attached hydrogens (tertiary/aromatic N) is 3. The molecule has 5 rings (SSSR count).